The van der Waals surface area contributed by atoms with E-state index in [4.69, 9.17) is 11.6 Å². The number of aromatic nitrogens is 1. The third-order valence-electron chi connectivity index (χ3n) is 4.03. The van der Waals surface area contributed by atoms with Crippen LogP contribution in [0.25, 0.3) is 0 Å². The molecule has 1 aromatic carbocycles. The molecule has 1 aliphatic heterocycles. The maximum atomic E-state index is 12.4. The molecule has 0 radical (unpaired) electrons. The van der Waals surface area contributed by atoms with Crippen molar-refractivity contribution >= 4 is 28.8 Å². The molecule has 1 aromatic heterocycles. The van der Waals surface area contributed by atoms with E-state index >= 15 is 0 Å². The zero-order valence-electron chi connectivity index (χ0n) is 12.5. The second kappa shape index (κ2) is 6.77. The highest BCUT2D eigenvalue weighted by molar-refractivity contribution is 7.12. The summed E-state index contributed by atoms with van der Waals surface area (Å²) in [5.74, 6) is 0.00282. The standard InChI is InChI=1S/C16H18ClN3OS/c1-12-4-2-3-5-13(12)10-19-6-8-20(9-7-19)16(21)14-15(17)18-11-22-14/h2-5,11H,6-10H2,1H3. The van der Waals surface area contributed by atoms with Crippen LogP contribution in [-0.4, -0.2) is 46.9 Å². The molecule has 0 spiro atoms. The summed E-state index contributed by atoms with van der Waals surface area (Å²) in [6.45, 7) is 6.32. The molecule has 0 saturated carbocycles. The van der Waals surface area contributed by atoms with Crippen LogP contribution < -0.4 is 0 Å². The van der Waals surface area contributed by atoms with E-state index in [1.54, 1.807) is 5.51 Å². The van der Waals surface area contributed by atoms with Crippen molar-refractivity contribution in [2.75, 3.05) is 26.2 Å². The maximum absolute atomic E-state index is 12.4. The molecule has 2 aromatic rings. The minimum absolute atomic E-state index is 0.00282. The lowest BCUT2D eigenvalue weighted by Crippen LogP contribution is -2.48. The van der Waals surface area contributed by atoms with Gasteiger partial charge in [0.15, 0.2) is 5.15 Å². The SMILES string of the molecule is Cc1ccccc1CN1CCN(C(=O)c2scnc2Cl)CC1. The summed E-state index contributed by atoms with van der Waals surface area (Å²) < 4.78 is 0. The molecule has 4 nitrogen and oxygen atoms in total. The maximum Gasteiger partial charge on any atom is 0.267 e. The second-order valence-electron chi connectivity index (χ2n) is 5.47. The van der Waals surface area contributed by atoms with Gasteiger partial charge in [0.25, 0.3) is 5.91 Å². The van der Waals surface area contributed by atoms with Crippen molar-refractivity contribution in [3.63, 3.8) is 0 Å². The molecular weight excluding hydrogens is 318 g/mol. The Morgan fingerprint density at radius 3 is 2.64 bits per heavy atom. The molecule has 3 rings (SSSR count). The number of halogens is 1. The number of carbonyl (C=O) groups is 1. The van der Waals surface area contributed by atoms with Crippen LogP contribution >= 0.6 is 22.9 Å². The number of piperazine rings is 1. The van der Waals surface area contributed by atoms with Gasteiger partial charge in [0, 0.05) is 32.7 Å². The first kappa shape index (κ1) is 15.5. The first-order valence-electron chi connectivity index (χ1n) is 7.30. The van der Waals surface area contributed by atoms with Gasteiger partial charge in [-0.2, -0.15) is 0 Å². The largest absolute Gasteiger partial charge is 0.335 e. The molecule has 1 saturated heterocycles. The number of nitrogens with zero attached hydrogens (tertiary/aromatic N) is 3. The van der Waals surface area contributed by atoms with Crippen molar-refractivity contribution in [3.8, 4) is 0 Å². The summed E-state index contributed by atoms with van der Waals surface area (Å²) in [4.78, 5) is 21.1. The van der Waals surface area contributed by atoms with E-state index in [1.807, 2.05) is 4.90 Å². The van der Waals surface area contributed by atoms with Crippen molar-refractivity contribution in [1.82, 2.24) is 14.8 Å². The second-order valence-corrected chi connectivity index (χ2v) is 6.68. The molecular formula is C16H18ClN3OS. The number of hydrogen-bond donors (Lipinski definition) is 0. The summed E-state index contributed by atoms with van der Waals surface area (Å²) in [6.07, 6.45) is 0. The zero-order chi connectivity index (χ0) is 15.5. The van der Waals surface area contributed by atoms with Crippen molar-refractivity contribution < 1.29 is 4.79 Å². The van der Waals surface area contributed by atoms with Crippen molar-refractivity contribution in [2.24, 2.45) is 0 Å². The van der Waals surface area contributed by atoms with Crippen LogP contribution in [0, 0.1) is 6.92 Å². The van der Waals surface area contributed by atoms with Crippen LogP contribution in [0.5, 0.6) is 0 Å². The third kappa shape index (κ3) is 3.32. The molecule has 0 aliphatic carbocycles. The van der Waals surface area contributed by atoms with Gasteiger partial charge in [0.2, 0.25) is 0 Å². The summed E-state index contributed by atoms with van der Waals surface area (Å²) in [5.41, 5.74) is 4.29. The fourth-order valence-electron chi connectivity index (χ4n) is 2.65. The van der Waals surface area contributed by atoms with E-state index in [0.29, 0.717) is 10.0 Å². The van der Waals surface area contributed by atoms with Gasteiger partial charge < -0.3 is 4.90 Å². The fraction of sp³-hybridized carbons (Fsp3) is 0.375. The molecule has 0 N–H and O–H groups in total. The Morgan fingerprint density at radius 1 is 1.27 bits per heavy atom. The quantitative estimate of drug-likeness (QED) is 0.865. The van der Waals surface area contributed by atoms with Crippen molar-refractivity contribution in [1.29, 1.82) is 0 Å². The van der Waals surface area contributed by atoms with Crippen LogP contribution in [0.4, 0.5) is 0 Å². The predicted octanol–water partition coefficient (Wildman–Crippen LogP) is 3.06. The van der Waals surface area contributed by atoms with Gasteiger partial charge in [0.05, 0.1) is 5.51 Å². The van der Waals surface area contributed by atoms with E-state index in [9.17, 15) is 4.79 Å². The van der Waals surface area contributed by atoms with Crippen LogP contribution in [-0.2, 0) is 6.54 Å². The first-order valence-corrected chi connectivity index (χ1v) is 8.56. The normalized spacial score (nSPS) is 16.0. The smallest absolute Gasteiger partial charge is 0.267 e. The van der Waals surface area contributed by atoms with Gasteiger partial charge in [-0.05, 0) is 18.1 Å². The van der Waals surface area contributed by atoms with E-state index in [-0.39, 0.29) is 5.91 Å². The topological polar surface area (TPSA) is 36.4 Å². The zero-order valence-corrected chi connectivity index (χ0v) is 14.0. The summed E-state index contributed by atoms with van der Waals surface area (Å²) >= 11 is 7.26. The van der Waals surface area contributed by atoms with Gasteiger partial charge in [-0.25, -0.2) is 4.98 Å². The lowest BCUT2D eigenvalue weighted by Gasteiger charge is -2.34. The Hall–Kier alpha value is -1.43. The van der Waals surface area contributed by atoms with E-state index in [0.717, 1.165) is 32.7 Å². The van der Waals surface area contributed by atoms with Crippen LogP contribution in [0.1, 0.15) is 20.8 Å². The van der Waals surface area contributed by atoms with E-state index < -0.39 is 0 Å². The molecule has 1 aliphatic rings. The summed E-state index contributed by atoms with van der Waals surface area (Å²) in [6, 6.07) is 8.45. The average molecular weight is 336 g/mol. The lowest BCUT2D eigenvalue weighted by atomic mass is 10.1. The third-order valence-corrected chi connectivity index (χ3v) is 5.25. The number of aryl methyl sites for hydroxylation is 1. The Morgan fingerprint density at radius 2 is 2.00 bits per heavy atom. The minimum atomic E-state index is 0.00282. The van der Waals surface area contributed by atoms with Gasteiger partial charge >= 0.3 is 0 Å². The number of hydrogen-bond acceptors (Lipinski definition) is 4. The highest BCUT2D eigenvalue weighted by atomic mass is 35.5. The van der Waals surface area contributed by atoms with Crippen LogP contribution in [0.3, 0.4) is 0 Å². The highest BCUT2D eigenvalue weighted by Crippen LogP contribution is 2.21. The van der Waals surface area contributed by atoms with E-state index in [2.05, 4.69) is 41.1 Å². The Kier molecular flexibility index (Phi) is 4.76. The molecule has 22 heavy (non-hydrogen) atoms. The van der Waals surface area contributed by atoms with Gasteiger partial charge in [-0.3, -0.25) is 9.69 Å². The highest BCUT2D eigenvalue weighted by Gasteiger charge is 2.25. The first-order chi connectivity index (χ1) is 10.6. The summed E-state index contributed by atoms with van der Waals surface area (Å²) in [5, 5.41) is 0.317. The van der Waals surface area contributed by atoms with E-state index in [1.165, 1.54) is 22.5 Å². The number of benzene rings is 1. The average Bonchev–Trinajstić information content (AvgIpc) is 2.96. The van der Waals surface area contributed by atoms with Gasteiger partial charge in [-0.1, -0.05) is 35.9 Å². The van der Waals surface area contributed by atoms with Crippen LogP contribution in [0.15, 0.2) is 29.8 Å². The summed E-state index contributed by atoms with van der Waals surface area (Å²) in [7, 11) is 0. The van der Waals surface area contributed by atoms with Gasteiger partial charge in [-0.15, -0.1) is 11.3 Å². The number of amides is 1. The van der Waals surface area contributed by atoms with Gasteiger partial charge in [0.1, 0.15) is 4.88 Å². The fourth-order valence-corrected chi connectivity index (χ4v) is 3.62. The van der Waals surface area contributed by atoms with Crippen molar-refractivity contribution in [2.45, 2.75) is 13.5 Å². The molecule has 2 heterocycles. The monoisotopic (exact) mass is 335 g/mol. The molecule has 6 heteroatoms. The molecule has 0 unspecified atom stereocenters. The minimum Gasteiger partial charge on any atom is -0.335 e. The Bertz CT molecular complexity index is 665. The van der Waals surface area contributed by atoms with Crippen molar-refractivity contribution in [3.05, 3.63) is 50.9 Å². The number of rotatable bonds is 3. The molecule has 1 fully saturated rings. The molecule has 1 amide bonds. The lowest BCUT2D eigenvalue weighted by molar-refractivity contribution is 0.0633. The number of carbonyl (C=O) groups excluding carboxylic acids is 1. The molecule has 0 atom stereocenters. The molecule has 116 valence electrons. The number of thiazole rings is 1. The Labute approximate surface area is 139 Å². The molecule has 0 bridgehead atoms. The van der Waals surface area contributed by atoms with Crippen LogP contribution in [0.2, 0.25) is 5.15 Å². The predicted molar refractivity (Wildman–Crippen MR) is 89.5 cm³/mol. The Balaban J connectivity index is 1.58.